The Balaban J connectivity index is 1.53. The summed E-state index contributed by atoms with van der Waals surface area (Å²) in [4.78, 5) is 11.3. The van der Waals surface area contributed by atoms with Gasteiger partial charge in [-0.2, -0.15) is 0 Å². The van der Waals surface area contributed by atoms with E-state index in [9.17, 15) is 0 Å². The zero-order valence-electron chi connectivity index (χ0n) is 18.7. The number of anilines is 1. The average Bonchev–Trinajstić information content (AvgIpc) is 3.15. The highest BCUT2D eigenvalue weighted by Crippen LogP contribution is 2.18. The lowest BCUT2D eigenvalue weighted by Gasteiger charge is -2.36. The van der Waals surface area contributed by atoms with Crippen LogP contribution in [0.25, 0.3) is 0 Å². The molecule has 0 aromatic carbocycles. The van der Waals surface area contributed by atoms with Gasteiger partial charge in [-0.1, -0.05) is 25.1 Å². The van der Waals surface area contributed by atoms with Crippen molar-refractivity contribution in [2.45, 2.75) is 65.8 Å². The molecule has 0 amide bonds. The minimum atomic E-state index is 0.221. The van der Waals surface area contributed by atoms with Crippen LogP contribution < -0.4 is 15.5 Å². The van der Waals surface area contributed by atoms with Crippen LogP contribution in [-0.2, 0) is 30.7 Å². The van der Waals surface area contributed by atoms with Crippen LogP contribution in [0, 0.1) is 0 Å². The Hall–Kier alpha value is -2.61. The fourth-order valence-electron chi connectivity index (χ4n) is 3.79. The van der Waals surface area contributed by atoms with Crippen molar-refractivity contribution in [3.05, 3.63) is 40.9 Å². The molecule has 2 aromatic heterocycles. The van der Waals surface area contributed by atoms with E-state index in [0.717, 1.165) is 60.3 Å². The van der Waals surface area contributed by atoms with E-state index in [2.05, 4.69) is 70.5 Å². The molecule has 2 N–H and O–H groups in total. The summed E-state index contributed by atoms with van der Waals surface area (Å²) < 4.78 is 11.2. The molecule has 8 nitrogen and oxygen atoms in total. The number of aromatic nitrogens is 2. The molecule has 2 atom stereocenters. The van der Waals surface area contributed by atoms with Crippen LogP contribution in [0.5, 0.6) is 0 Å². The first kappa shape index (κ1) is 22.1. The van der Waals surface area contributed by atoms with Gasteiger partial charge in [0.05, 0.1) is 17.9 Å². The van der Waals surface area contributed by atoms with Crippen LogP contribution in [0.4, 0.5) is 5.82 Å². The van der Waals surface area contributed by atoms with Crippen LogP contribution in [0.15, 0.2) is 27.8 Å². The number of nitrogens with zero attached hydrogens (tertiary/aromatic N) is 4. The minimum Gasteiger partial charge on any atom is -0.372 e. The van der Waals surface area contributed by atoms with Crippen molar-refractivity contribution in [1.82, 2.24) is 20.8 Å². The maximum atomic E-state index is 5.81. The SMILES string of the molecule is CCc1noc(CC)c1CNC(=NC)NCc1ccc(N2CC(C)OC(C)C2)nc1. The van der Waals surface area contributed by atoms with Gasteiger partial charge < -0.3 is 24.8 Å². The molecule has 3 heterocycles. The number of ether oxygens (including phenoxy) is 1. The molecule has 0 saturated carbocycles. The monoisotopic (exact) mass is 414 g/mol. The first-order valence-corrected chi connectivity index (χ1v) is 10.8. The van der Waals surface area contributed by atoms with Gasteiger partial charge in [0.15, 0.2) is 5.96 Å². The highest BCUT2D eigenvalue weighted by molar-refractivity contribution is 5.79. The van der Waals surface area contributed by atoms with Crippen molar-refractivity contribution >= 4 is 11.8 Å². The van der Waals surface area contributed by atoms with E-state index in [1.807, 2.05) is 6.20 Å². The van der Waals surface area contributed by atoms with Gasteiger partial charge in [-0.15, -0.1) is 0 Å². The summed E-state index contributed by atoms with van der Waals surface area (Å²) in [5, 5.41) is 10.9. The maximum Gasteiger partial charge on any atom is 0.191 e. The number of rotatable bonds is 7. The number of hydrogen-bond acceptors (Lipinski definition) is 6. The maximum absolute atomic E-state index is 5.81. The highest BCUT2D eigenvalue weighted by atomic mass is 16.5. The van der Waals surface area contributed by atoms with E-state index in [1.165, 1.54) is 0 Å². The van der Waals surface area contributed by atoms with Crippen LogP contribution in [0.2, 0.25) is 0 Å². The second-order valence-corrected chi connectivity index (χ2v) is 7.70. The van der Waals surface area contributed by atoms with E-state index in [-0.39, 0.29) is 12.2 Å². The zero-order valence-corrected chi connectivity index (χ0v) is 18.7. The van der Waals surface area contributed by atoms with Crippen molar-refractivity contribution < 1.29 is 9.26 Å². The third-order valence-corrected chi connectivity index (χ3v) is 5.28. The van der Waals surface area contributed by atoms with Gasteiger partial charge in [0.1, 0.15) is 11.6 Å². The molecule has 0 aliphatic carbocycles. The topological polar surface area (TPSA) is 87.8 Å². The van der Waals surface area contributed by atoms with Crippen LogP contribution >= 0.6 is 0 Å². The number of hydrogen-bond donors (Lipinski definition) is 2. The predicted molar refractivity (Wildman–Crippen MR) is 119 cm³/mol. The molecular weight excluding hydrogens is 380 g/mol. The molecule has 0 spiro atoms. The Morgan fingerprint density at radius 1 is 1.13 bits per heavy atom. The fourth-order valence-corrected chi connectivity index (χ4v) is 3.79. The van der Waals surface area contributed by atoms with Crippen LogP contribution in [0.3, 0.4) is 0 Å². The molecule has 8 heteroatoms. The molecule has 3 rings (SSSR count). The number of nitrogens with one attached hydrogen (secondary N) is 2. The Kier molecular flexibility index (Phi) is 7.68. The summed E-state index contributed by atoms with van der Waals surface area (Å²) in [6.45, 7) is 11.4. The number of aliphatic imine (C=N–C) groups is 1. The molecule has 0 radical (unpaired) electrons. The van der Waals surface area contributed by atoms with Crippen molar-refractivity contribution in [2.24, 2.45) is 4.99 Å². The Morgan fingerprint density at radius 3 is 2.47 bits per heavy atom. The third-order valence-electron chi connectivity index (χ3n) is 5.28. The van der Waals surface area contributed by atoms with E-state index in [4.69, 9.17) is 9.26 Å². The van der Waals surface area contributed by atoms with Crippen molar-refractivity contribution in [3.8, 4) is 0 Å². The lowest BCUT2D eigenvalue weighted by atomic mass is 10.1. The average molecular weight is 415 g/mol. The summed E-state index contributed by atoms with van der Waals surface area (Å²) in [6.07, 6.45) is 4.04. The smallest absolute Gasteiger partial charge is 0.191 e. The quantitative estimate of drug-likeness (QED) is 0.532. The summed E-state index contributed by atoms with van der Waals surface area (Å²) in [7, 11) is 1.77. The number of aryl methyl sites for hydroxylation is 2. The second-order valence-electron chi connectivity index (χ2n) is 7.70. The largest absolute Gasteiger partial charge is 0.372 e. The van der Waals surface area contributed by atoms with Crippen molar-refractivity contribution in [1.29, 1.82) is 0 Å². The Bertz CT molecular complexity index is 801. The lowest BCUT2D eigenvalue weighted by molar-refractivity contribution is -0.00545. The van der Waals surface area contributed by atoms with Gasteiger partial charge in [0.2, 0.25) is 0 Å². The summed E-state index contributed by atoms with van der Waals surface area (Å²) in [5.74, 6) is 2.66. The molecule has 2 unspecified atom stereocenters. The van der Waals surface area contributed by atoms with E-state index in [1.54, 1.807) is 7.05 Å². The molecule has 1 aliphatic rings. The van der Waals surface area contributed by atoms with Gasteiger partial charge in [0, 0.05) is 51.4 Å². The summed E-state index contributed by atoms with van der Waals surface area (Å²) in [6, 6.07) is 4.19. The molecule has 1 saturated heterocycles. The van der Waals surface area contributed by atoms with E-state index >= 15 is 0 Å². The molecule has 0 bridgehead atoms. The second kappa shape index (κ2) is 10.4. The first-order chi connectivity index (χ1) is 14.5. The van der Waals surface area contributed by atoms with Crippen LogP contribution in [0.1, 0.15) is 50.3 Å². The predicted octanol–water partition coefficient (Wildman–Crippen LogP) is 2.67. The Morgan fingerprint density at radius 2 is 1.87 bits per heavy atom. The van der Waals surface area contributed by atoms with Gasteiger partial charge in [-0.25, -0.2) is 4.98 Å². The van der Waals surface area contributed by atoms with Gasteiger partial charge in [0.25, 0.3) is 0 Å². The number of morpholine rings is 1. The minimum absolute atomic E-state index is 0.221. The molecule has 164 valence electrons. The number of pyridine rings is 1. The third kappa shape index (κ3) is 5.50. The van der Waals surface area contributed by atoms with Gasteiger partial charge in [-0.05, 0) is 31.9 Å². The van der Waals surface area contributed by atoms with Crippen LogP contribution in [-0.4, -0.2) is 48.4 Å². The van der Waals surface area contributed by atoms with E-state index in [0.29, 0.717) is 13.1 Å². The van der Waals surface area contributed by atoms with Gasteiger partial charge in [-0.3, -0.25) is 4.99 Å². The molecular formula is C22H34N6O2. The fraction of sp³-hybridized carbons (Fsp3) is 0.591. The first-order valence-electron chi connectivity index (χ1n) is 10.8. The number of guanidine groups is 1. The highest BCUT2D eigenvalue weighted by Gasteiger charge is 2.23. The Labute approximate surface area is 179 Å². The lowest BCUT2D eigenvalue weighted by Crippen LogP contribution is -2.45. The molecule has 1 fully saturated rings. The van der Waals surface area contributed by atoms with E-state index < -0.39 is 0 Å². The summed E-state index contributed by atoms with van der Waals surface area (Å²) in [5.41, 5.74) is 3.23. The molecule has 30 heavy (non-hydrogen) atoms. The normalized spacial score (nSPS) is 19.8. The van der Waals surface area contributed by atoms with Crippen molar-refractivity contribution in [3.63, 3.8) is 0 Å². The van der Waals surface area contributed by atoms with Gasteiger partial charge >= 0.3 is 0 Å². The zero-order chi connectivity index (χ0) is 21.5. The summed E-state index contributed by atoms with van der Waals surface area (Å²) >= 11 is 0. The van der Waals surface area contributed by atoms with Crippen molar-refractivity contribution in [2.75, 3.05) is 25.0 Å². The standard InChI is InChI=1S/C22H34N6O2/c1-6-19-18(20(7-2)30-27-19)12-26-22(23-5)25-11-17-8-9-21(24-10-17)28-13-15(3)29-16(4)14-28/h8-10,15-16H,6-7,11-14H2,1-5H3,(H2,23,25,26). The molecule has 2 aromatic rings. The molecule has 1 aliphatic heterocycles.